The Kier molecular flexibility index (Phi) is 4.25. The molecule has 0 unspecified atom stereocenters. The van der Waals surface area contributed by atoms with Gasteiger partial charge in [-0.15, -0.1) is 11.8 Å². The normalized spacial score (nSPS) is 26.3. The van der Waals surface area contributed by atoms with Crippen molar-refractivity contribution >= 4 is 24.1 Å². The second-order valence-electron chi connectivity index (χ2n) is 3.17. The molecular weight excluding hydrogens is 202 g/mol. The van der Waals surface area contributed by atoms with E-state index in [1.54, 1.807) is 16.7 Å². The number of amides is 1. The SMILES string of the molecule is CCC[C@H]1SC[C@@H](C(=O)OC)N1C=O. The highest BCUT2D eigenvalue weighted by Crippen LogP contribution is 2.31. The Labute approximate surface area is 88.0 Å². The quantitative estimate of drug-likeness (QED) is 0.517. The minimum absolute atomic E-state index is 0.140. The molecule has 0 bridgehead atoms. The summed E-state index contributed by atoms with van der Waals surface area (Å²) < 4.78 is 4.64. The number of carbonyl (C=O) groups is 2. The first-order valence-electron chi connectivity index (χ1n) is 4.66. The molecule has 80 valence electrons. The van der Waals surface area contributed by atoms with Crippen LogP contribution in [0.25, 0.3) is 0 Å². The molecule has 1 fully saturated rings. The standard InChI is InChI=1S/C9H15NO3S/c1-3-4-8-10(6-11)7(5-14-8)9(12)13-2/h6-8H,3-5H2,1-2H3/t7-,8+/m0/s1. The molecule has 0 aromatic carbocycles. The van der Waals surface area contributed by atoms with E-state index in [1.807, 2.05) is 0 Å². The molecule has 0 aromatic rings. The minimum Gasteiger partial charge on any atom is -0.467 e. The molecule has 1 aliphatic heterocycles. The fraction of sp³-hybridized carbons (Fsp3) is 0.778. The van der Waals surface area contributed by atoms with Crippen LogP contribution in [-0.2, 0) is 14.3 Å². The zero-order chi connectivity index (χ0) is 10.6. The monoisotopic (exact) mass is 217 g/mol. The van der Waals surface area contributed by atoms with Crippen molar-refractivity contribution in [3.05, 3.63) is 0 Å². The number of hydrogen-bond acceptors (Lipinski definition) is 4. The molecule has 1 amide bonds. The predicted molar refractivity (Wildman–Crippen MR) is 54.9 cm³/mol. The van der Waals surface area contributed by atoms with Gasteiger partial charge in [0.25, 0.3) is 0 Å². The highest BCUT2D eigenvalue weighted by Gasteiger charge is 2.37. The van der Waals surface area contributed by atoms with Crippen LogP contribution in [0.1, 0.15) is 19.8 Å². The summed E-state index contributed by atoms with van der Waals surface area (Å²) in [6, 6.07) is -0.390. The summed E-state index contributed by atoms with van der Waals surface area (Å²) >= 11 is 1.65. The minimum atomic E-state index is -0.390. The molecular formula is C9H15NO3S. The number of methoxy groups -OCH3 is 1. The number of carbonyl (C=O) groups excluding carboxylic acids is 2. The lowest BCUT2D eigenvalue weighted by molar-refractivity contribution is -0.148. The molecule has 2 atom stereocenters. The van der Waals surface area contributed by atoms with Crippen LogP contribution < -0.4 is 0 Å². The average molecular weight is 217 g/mol. The molecule has 4 nitrogen and oxygen atoms in total. The Morgan fingerprint density at radius 1 is 1.71 bits per heavy atom. The Balaban J connectivity index is 2.63. The lowest BCUT2D eigenvalue weighted by Crippen LogP contribution is -2.41. The first-order chi connectivity index (χ1) is 6.74. The van der Waals surface area contributed by atoms with Crippen molar-refractivity contribution in [1.82, 2.24) is 4.90 Å². The van der Waals surface area contributed by atoms with Crippen molar-refractivity contribution in [2.45, 2.75) is 31.2 Å². The largest absolute Gasteiger partial charge is 0.467 e. The molecule has 0 N–H and O–H groups in total. The van der Waals surface area contributed by atoms with Gasteiger partial charge in [-0.05, 0) is 6.42 Å². The van der Waals surface area contributed by atoms with Crippen molar-refractivity contribution in [3.63, 3.8) is 0 Å². The van der Waals surface area contributed by atoms with E-state index in [4.69, 9.17) is 0 Å². The smallest absolute Gasteiger partial charge is 0.329 e. The lowest BCUT2D eigenvalue weighted by atomic mass is 10.2. The number of nitrogens with zero attached hydrogens (tertiary/aromatic N) is 1. The third-order valence-corrected chi connectivity index (χ3v) is 3.64. The molecule has 0 radical (unpaired) electrons. The summed E-state index contributed by atoms with van der Waals surface area (Å²) in [5, 5.41) is 0.140. The van der Waals surface area contributed by atoms with Gasteiger partial charge in [0.1, 0.15) is 6.04 Å². The molecule has 5 heteroatoms. The van der Waals surface area contributed by atoms with Crippen LogP contribution in [0.15, 0.2) is 0 Å². The molecule has 0 aromatic heterocycles. The maximum Gasteiger partial charge on any atom is 0.329 e. The second-order valence-corrected chi connectivity index (χ2v) is 4.38. The van der Waals surface area contributed by atoms with Gasteiger partial charge >= 0.3 is 5.97 Å². The van der Waals surface area contributed by atoms with Gasteiger partial charge in [0, 0.05) is 5.75 Å². The van der Waals surface area contributed by atoms with Gasteiger partial charge in [0.05, 0.1) is 12.5 Å². The third kappa shape index (κ3) is 2.20. The lowest BCUT2D eigenvalue weighted by Gasteiger charge is -2.22. The maximum absolute atomic E-state index is 11.3. The van der Waals surface area contributed by atoms with E-state index < -0.39 is 0 Å². The van der Waals surface area contributed by atoms with Crippen LogP contribution in [0, 0.1) is 0 Å². The molecule has 0 aliphatic carbocycles. The molecule has 0 spiro atoms. The third-order valence-electron chi connectivity index (χ3n) is 2.27. The molecule has 14 heavy (non-hydrogen) atoms. The van der Waals surface area contributed by atoms with E-state index >= 15 is 0 Å². The summed E-state index contributed by atoms with van der Waals surface area (Å²) in [5.41, 5.74) is 0. The van der Waals surface area contributed by atoms with Crippen molar-refractivity contribution in [1.29, 1.82) is 0 Å². The van der Waals surface area contributed by atoms with Gasteiger partial charge in [-0.3, -0.25) is 4.79 Å². The van der Waals surface area contributed by atoms with E-state index in [1.165, 1.54) is 7.11 Å². The zero-order valence-corrected chi connectivity index (χ0v) is 9.25. The van der Waals surface area contributed by atoms with Crippen molar-refractivity contribution in [2.24, 2.45) is 0 Å². The molecule has 1 aliphatic rings. The molecule has 1 saturated heterocycles. The van der Waals surface area contributed by atoms with Crippen LogP contribution in [0.5, 0.6) is 0 Å². The van der Waals surface area contributed by atoms with Gasteiger partial charge < -0.3 is 9.64 Å². The van der Waals surface area contributed by atoms with Crippen LogP contribution in [-0.4, -0.2) is 41.6 Å². The van der Waals surface area contributed by atoms with Crippen LogP contribution in [0.4, 0.5) is 0 Å². The Bertz CT molecular complexity index is 222. The van der Waals surface area contributed by atoms with Crippen LogP contribution >= 0.6 is 11.8 Å². The summed E-state index contributed by atoms with van der Waals surface area (Å²) in [7, 11) is 1.35. The fourth-order valence-electron chi connectivity index (χ4n) is 1.52. The van der Waals surface area contributed by atoms with E-state index in [0.717, 1.165) is 19.3 Å². The Morgan fingerprint density at radius 2 is 2.43 bits per heavy atom. The summed E-state index contributed by atoms with van der Waals surface area (Å²) in [6.45, 7) is 2.06. The number of hydrogen-bond donors (Lipinski definition) is 0. The number of esters is 1. The molecule has 1 rings (SSSR count). The summed E-state index contributed by atoms with van der Waals surface area (Å²) in [5.74, 6) is 0.332. The first-order valence-corrected chi connectivity index (χ1v) is 5.71. The highest BCUT2D eigenvalue weighted by molar-refractivity contribution is 8.00. The van der Waals surface area contributed by atoms with Crippen molar-refractivity contribution in [2.75, 3.05) is 12.9 Å². The van der Waals surface area contributed by atoms with Gasteiger partial charge in [-0.2, -0.15) is 0 Å². The first kappa shape index (κ1) is 11.4. The molecule has 0 saturated carbocycles. The Hall–Kier alpha value is -0.710. The fourth-order valence-corrected chi connectivity index (χ4v) is 3.01. The molecule has 1 heterocycles. The summed E-state index contributed by atoms with van der Waals surface area (Å²) in [4.78, 5) is 23.7. The van der Waals surface area contributed by atoms with Crippen molar-refractivity contribution < 1.29 is 14.3 Å². The van der Waals surface area contributed by atoms with E-state index in [2.05, 4.69) is 11.7 Å². The van der Waals surface area contributed by atoms with Gasteiger partial charge in [0.2, 0.25) is 6.41 Å². The van der Waals surface area contributed by atoms with Crippen LogP contribution in [0.3, 0.4) is 0 Å². The van der Waals surface area contributed by atoms with E-state index in [9.17, 15) is 9.59 Å². The highest BCUT2D eigenvalue weighted by atomic mass is 32.2. The van der Waals surface area contributed by atoms with Gasteiger partial charge in [-0.25, -0.2) is 4.79 Å². The topological polar surface area (TPSA) is 46.6 Å². The number of thioether (sulfide) groups is 1. The van der Waals surface area contributed by atoms with Crippen LogP contribution in [0.2, 0.25) is 0 Å². The van der Waals surface area contributed by atoms with Crippen molar-refractivity contribution in [3.8, 4) is 0 Å². The number of rotatable bonds is 4. The number of ether oxygens (including phenoxy) is 1. The average Bonchev–Trinajstić information content (AvgIpc) is 2.60. The second kappa shape index (κ2) is 5.24. The zero-order valence-electron chi connectivity index (χ0n) is 8.43. The summed E-state index contributed by atoms with van der Waals surface area (Å²) in [6.07, 6.45) is 2.69. The van der Waals surface area contributed by atoms with E-state index in [0.29, 0.717) is 5.75 Å². The van der Waals surface area contributed by atoms with E-state index in [-0.39, 0.29) is 17.4 Å². The predicted octanol–water partition coefficient (Wildman–Crippen LogP) is 0.859. The Morgan fingerprint density at radius 3 is 2.93 bits per heavy atom. The van der Waals surface area contributed by atoms with Gasteiger partial charge in [0.15, 0.2) is 0 Å². The maximum atomic E-state index is 11.3. The van der Waals surface area contributed by atoms with Gasteiger partial charge in [-0.1, -0.05) is 13.3 Å².